The molecule has 0 saturated carbocycles. The Morgan fingerprint density at radius 2 is 2.26 bits per heavy atom. The van der Waals surface area contributed by atoms with Crippen molar-refractivity contribution >= 4 is 5.91 Å². The molecule has 1 unspecified atom stereocenters. The highest BCUT2D eigenvalue weighted by atomic mass is 16.5. The van der Waals surface area contributed by atoms with Crippen LogP contribution in [0.3, 0.4) is 0 Å². The molecule has 1 aromatic rings. The van der Waals surface area contributed by atoms with Crippen molar-refractivity contribution in [2.24, 2.45) is 11.3 Å². The fraction of sp³-hybridized carbons (Fsp3) is 0.812. The molecule has 0 bridgehead atoms. The number of carbonyl (C=O) groups is 1. The van der Waals surface area contributed by atoms with E-state index in [9.17, 15) is 4.79 Å². The molecule has 2 saturated heterocycles. The molecule has 0 aromatic carbocycles. The quantitative estimate of drug-likeness (QED) is 0.807. The van der Waals surface area contributed by atoms with Crippen LogP contribution in [0.2, 0.25) is 0 Å². The van der Waals surface area contributed by atoms with Gasteiger partial charge in [0.15, 0.2) is 0 Å². The summed E-state index contributed by atoms with van der Waals surface area (Å²) in [5.74, 6) is 0.680. The maximum absolute atomic E-state index is 13.2. The van der Waals surface area contributed by atoms with Crippen LogP contribution in [0.25, 0.3) is 0 Å². The summed E-state index contributed by atoms with van der Waals surface area (Å²) in [6, 6.07) is 0. The van der Waals surface area contributed by atoms with Crippen LogP contribution in [0.1, 0.15) is 25.7 Å². The Labute approximate surface area is 137 Å². The van der Waals surface area contributed by atoms with E-state index in [-0.39, 0.29) is 5.91 Å². The first-order valence-electron chi connectivity index (χ1n) is 8.42. The van der Waals surface area contributed by atoms with E-state index < -0.39 is 5.41 Å². The Bertz CT molecular complexity index is 494. The van der Waals surface area contributed by atoms with Crippen LogP contribution >= 0.6 is 0 Å². The van der Waals surface area contributed by atoms with E-state index in [0.717, 1.165) is 45.3 Å². The van der Waals surface area contributed by atoms with Crippen molar-refractivity contribution in [3.05, 3.63) is 12.7 Å². The molecule has 1 aromatic heterocycles. The fourth-order valence-electron chi connectivity index (χ4n) is 3.78. The average Bonchev–Trinajstić information content (AvgIpc) is 3.08. The van der Waals surface area contributed by atoms with Gasteiger partial charge in [-0.25, -0.2) is 4.98 Å². The summed E-state index contributed by atoms with van der Waals surface area (Å²) in [7, 11) is 1.67. The smallest absolute Gasteiger partial charge is 0.231 e. The number of aromatic nitrogens is 3. The Morgan fingerprint density at radius 1 is 1.43 bits per heavy atom. The Kier molecular flexibility index (Phi) is 5.27. The number of amides is 1. The number of methoxy groups -OCH3 is 1. The molecule has 1 amide bonds. The van der Waals surface area contributed by atoms with E-state index >= 15 is 0 Å². The monoisotopic (exact) mass is 322 g/mol. The number of carbonyl (C=O) groups excluding carboxylic acids is 1. The number of piperidine rings is 1. The lowest BCUT2D eigenvalue weighted by atomic mass is 9.79. The Morgan fingerprint density at radius 3 is 2.96 bits per heavy atom. The predicted molar refractivity (Wildman–Crippen MR) is 83.7 cm³/mol. The van der Waals surface area contributed by atoms with E-state index in [2.05, 4.69) is 10.1 Å². The van der Waals surface area contributed by atoms with Gasteiger partial charge >= 0.3 is 0 Å². The second-order valence-electron chi connectivity index (χ2n) is 6.70. The highest BCUT2D eigenvalue weighted by Gasteiger charge is 2.43. The van der Waals surface area contributed by atoms with Crippen LogP contribution in [0.4, 0.5) is 0 Å². The summed E-state index contributed by atoms with van der Waals surface area (Å²) in [6.07, 6.45) is 6.98. The minimum Gasteiger partial charge on any atom is -0.384 e. The van der Waals surface area contributed by atoms with Crippen molar-refractivity contribution in [3.8, 4) is 0 Å². The van der Waals surface area contributed by atoms with Crippen LogP contribution in [-0.4, -0.2) is 65.6 Å². The summed E-state index contributed by atoms with van der Waals surface area (Å²) in [6.45, 7) is 4.24. The number of nitrogens with zero attached hydrogens (tertiary/aromatic N) is 4. The maximum atomic E-state index is 13.2. The molecule has 7 nitrogen and oxygen atoms in total. The lowest BCUT2D eigenvalue weighted by Gasteiger charge is -2.42. The Hall–Kier alpha value is -1.47. The Balaban J connectivity index is 1.65. The summed E-state index contributed by atoms with van der Waals surface area (Å²) in [5, 5.41) is 4.18. The molecule has 0 N–H and O–H groups in total. The van der Waals surface area contributed by atoms with Gasteiger partial charge < -0.3 is 14.4 Å². The van der Waals surface area contributed by atoms with Crippen LogP contribution in [0.15, 0.2) is 12.7 Å². The number of hydrogen-bond acceptors (Lipinski definition) is 5. The zero-order valence-corrected chi connectivity index (χ0v) is 13.8. The van der Waals surface area contributed by atoms with Gasteiger partial charge in [-0.1, -0.05) is 0 Å². The molecule has 0 radical (unpaired) electrons. The number of hydrogen-bond donors (Lipinski definition) is 0. The summed E-state index contributed by atoms with van der Waals surface area (Å²) in [4.78, 5) is 19.2. The second kappa shape index (κ2) is 7.40. The van der Waals surface area contributed by atoms with Crippen molar-refractivity contribution in [1.82, 2.24) is 19.7 Å². The minimum atomic E-state index is -0.401. The molecule has 23 heavy (non-hydrogen) atoms. The van der Waals surface area contributed by atoms with Gasteiger partial charge in [0, 0.05) is 40.0 Å². The van der Waals surface area contributed by atoms with E-state index in [4.69, 9.17) is 9.47 Å². The molecule has 3 heterocycles. The zero-order valence-electron chi connectivity index (χ0n) is 13.8. The lowest BCUT2D eigenvalue weighted by Crippen LogP contribution is -2.52. The molecule has 128 valence electrons. The van der Waals surface area contributed by atoms with E-state index in [1.165, 1.54) is 0 Å². The molecule has 2 fully saturated rings. The SMILES string of the molecule is COCC1(C(=O)N2CCCC(Cn3cncn3)C2)CCOCC1. The second-order valence-corrected chi connectivity index (χ2v) is 6.70. The van der Waals surface area contributed by atoms with E-state index in [1.807, 2.05) is 9.58 Å². The molecule has 2 aliphatic rings. The number of likely N-dealkylation sites (tertiary alicyclic amines) is 1. The summed E-state index contributed by atoms with van der Waals surface area (Å²) in [5.41, 5.74) is -0.401. The number of rotatable bonds is 5. The maximum Gasteiger partial charge on any atom is 0.231 e. The van der Waals surface area contributed by atoms with Gasteiger partial charge in [-0.15, -0.1) is 0 Å². The van der Waals surface area contributed by atoms with Crippen molar-refractivity contribution in [1.29, 1.82) is 0 Å². The van der Waals surface area contributed by atoms with Crippen molar-refractivity contribution in [2.75, 3.05) is 40.0 Å². The normalized spacial score (nSPS) is 24.6. The molecule has 0 aliphatic carbocycles. The largest absolute Gasteiger partial charge is 0.384 e. The van der Waals surface area contributed by atoms with Crippen LogP contribution in [0.5, 0.6) is 0 Å². The predicted octanol–water partition coefficient (Wildman–Crippen LogP) is 0.960. The van der Waals surface area contributed by atoms with Gasteiger partial charge in [-0.05, 0) is 31.6 Å². The standard InChI is InChI=1S/C16H26N4O3/c1-22-11-16(4-7-23-8-5-16)15(21)19-6-2-3-14(9-19)10-20-13-17-12-18-20/h12-14H,2-11H2,1H3. The van der Waals surface area contributed by atoms with Gasteiger partial charge in [-0.2, -0.15) is 5.10 Å². The van der Waals surface area contributed by atoms with Gasteiger partial charge in [-0.3, -0.25) is 9.48 Å². The first-order valence-corrected chi connectivity index (χ1v) is 8.42. The molecular weight excluding hydrogens is 296 g/mol. The van der Waals surface area contributed by atoms with Gasteiger partial charge in [0.05, 0.1) is 12.0 Å². The zero-order chi connectivity index (χ0) is 16.1. The molecule has 1 atom stereocenters. The van der Waals surface area contributed by atoms with E-state index in [1.54, 1.807) is 19.8 Å². The topological polar surface area (TPSA) is 69.5 Å². The first-order chi connectivity index (χ1) is 11.2. The first kappa shape index (κ1) is 16.4. The number of ether oxygens (including phenoxy) is 2. The highest BCUT2D eigenvalue weighted by Crippen LogP contribution is 2.34. The van der Waals surface area contributed by atoms with Gasteiger partial charge in [0.1, 0.15) is 12.7 Å². The molecular formula is C16H26N4O3. The molecule has 2 aliphatic heterocycles. The van der Waals surface area contributed by atoms with E-state index in [0.29, 0.717) is 25.7 Å². The minimum absolute atomic E-state index is 0.242. The van der Waals surface area contributed by atoms with Crippen molar-refractivity contribution in [2.45, 2.75) is 32.2 Å². The lowest BCUT2D eigenvalue weighted by molar-refractivity contribution is -0.154. The van der Waals surface area contributed by atoms with Crippen molar-refractivity contribution < 1.29 is 14.3 Å². The third-order valence-corrected chi connectivity index (χ3v) is 5.04. The molecule has 3 rings (SSSR count). The fourth-order valence-corrected chi connectivity index (χ4v) is 3.78. The molecule has 7 heteroatoms. The molecule has 0 spiro atoms. The highest BCUT2D eigenvalue weighted by molar-refractivity contribution is 5.83. The average molecular weight is 322 g/mol. The van der Waals surface area contributed by atoms with Crippen LogP contribution in [0, 0.1) is 11.3 Å². The van der Waals surface area contributed by atoms with Crippen molar-refractivity contribution in [3.63, 3.8) is 0 Å². The summed E-state index contributed by atoms with van der Waals surface area (Å²) >= 11 is 0. The van der Waals surface area contributed by atoms with Crippen LogP contribution in [-0.2, 0) is 20.8 Å². The third kappa shape index (κ3) is 3.72. The third-order valence-electron chi connectivity index (χ3n) is 5.04. The van der Waals surface area contributed by atoms with Gasteiger partial charge in [0.25, 0.3) is 0 Å². The van der Waals surface area contributed by atoms with Crippen LogP contribution < -0.4 is 0 Å². The van der Waals surface area contributed by atoms with Gasteiger partial charge in [0.2, 0.25) is 5.91 Å². The summed E-state index contributed by atoms with van der Waals surface area (Å²) < 4.78 is 12.7.